The van der Waals surface area contributed by atoms with E-state index < -0.39 is 0 Å². The molecule has 2 aromatic rings. The van der Waals surface area contributed by atoms with Crippen LogP contribution in [0.25, 0.3) is 10.9 Å². The summed E-state index contributed by atoms with van der Waals surface area (Å²) < 4.78 is 0. The van der Waals surface area contributed by atoms with Gasteiger partial charge in [-0.15, -0.1) is 0 Å². The summed E-state index contributed by atoms with van der Waals surface area (Å²) in [5, 5.41) is 8.05. The van der Waals surface area contributed by atoms with Crippen LogP contribution in [0.5, 0.6) is 0 Å². The fourth-order valence-electron chi connectivity index (χ4n) is 2.07. The van der Waals surface area contributed by atoms with E-state index in [0.717, 1.165) is 41.8 Å². The number of aromatic amines is 1. The number of benzene rings is 1. The lowest BCUT2D eigenvalue weighted by molar-refractivity contribution is 0.402. The third-order valence-electron chi connectivity index (χ3n) is 3.10. The maximum absolute atomic E-state index is 6.08. The van der Waals surface area contributed by atoms with Gasteiger partial charge in [-0.2, -0.15) is 5.10 Å². The number of rotatable bonds is 5. The van der Waals surface area contributed by atoms with E-state index in [-0.39, 0.29) is 0 Å². The summed E-state index contributed by atoms with van der Waals surface area (Å²) >= 11 is 0. The van der Waals surface area contributed by atoms with Gasteiger partial charge in [-0.1, -0.05) is 0 Å². The second kappa shape index (κ2) is 5.27. The Bertz CT molecular complexity index is 517. The second-order valence-corrected chi connectivity index (χ2v) is 4.95. The molecular weight excluding hydrogens is 226 g/mol. The van der Waals surface area contributed by atoms with Crippen molar-refractivity contribution >= 4 is 22.3 Å². The molecule has 0 amide bonds. The summed E-state index contributed by atoms with van der Waals surface area (Å²) in [6, 6.07) is 4.03. The van der Waals surface area contributed by atoms with Crippen LogP contribution in [0.1, 0.15) is 6.42 Å². The predicted molar refractivity (Wildman–Crippen MR) is 76.9 cm³/mol. The fourth-order valence-corrected chi connectivity index (χ4v) is 2.07. The van der Waals surface area contributed by atoms with Crippen LogP contribution in [-0.2, 0) is 0 Å². The molecule has 5 heteroatoms. The van der Waals surface area contributed by atoms with Crippen LogP contribution in [0.4, 0.5) is 11.4 Å². The van der Waals surface area contributed by atoms with Crippen molar-refractivity contribution in [3.05, 3.63) is 18.3 Å². The highest BCUT2D eigenvalue weighted by atomic mass is 15.1. The molecule has 1 aromatic heterocycles. The van der Waals surface area contributed by atoms with E-state index in [1.54, 1.807) is 6.20 Å². The van der Waals surface area contributed by atoms with Gasteiger partial charge in [0.25, 0.3) is 0 Å². The Kier molecular flexibility index (Phi) is 3.72. The van der Waals surface area contributed by atoms with Crippen molar-refractivity contribution in [2.24, 2.45) is 0 Å². The number of hydrogen-bond donors (Lipinski definition) is 2. The number of nitrogens with two attached hydrogens (primary N) is 1. The molecule has 0 atom stereocenters. The van der Waals surface area contributed by atoms with E-state index >= 15 is 0 Å². The summed E-state index contributed by atoms with van der Waals surface area (Å²) in [6.45, 7) is 2.07. The maximum atomic E-state index is 6.08. The van der Waals surface area contributed by atoms with Crippen LogP contribution in [0.15, 0.2) is 18.3 Å². The molecule has 0 spiro atoms. The van der Waals surface area contributed by atoms with Gasteiger partial charge >= 0.3 is 0 Å². The second-order valence-electron chi connectivity index (χ2n) is 4.95. The summed E-state index contributed by atoms with van der Waals surface area (Å²) in [4.78, 5) is 4.38. The standard InChI is InChI=1S/C13H21N5/c1-17(2)5-4-6-18(3)13-8-12-10(7-11(13)14)9-15-16-12/h7-9H,4-6,14H2,1-3H3,(H,15,16). The highest BCUT2D eigenvalue weighted by Crippen LogP contribution is 2.27. The molecular formula is C13H21N5. The van der Waals surface area contributed by atoms with Gasteiger partial charge in [-0.3, -0.25) is 5.10 Å². The van der Waals surface area contributed by atoms with E-state index in [9.17, 15) is 0 Å². The lowest BCUT2D eigenvalue weighted by Crippen LogP contribution is -2.24. The Morgan fingerprint density at radius 1 is 1.22 bits per heavy atom. The van der Waals surface area contributed by atoms with Gasteiger partial charge in [0, 0.05) is 19.0 Å². The number of fused-ring (bicyclic) bond motifs is 1. The average Bonchev–Trinajstić information content (AvgIpc) is 2.74. The van der Waals surface area contributed by atoms with Gasteiger partial charge in [0.05, 0.1) is 23.1 Å². The van der Waals surface area contributed by atoms with Gasteiger partial charge in [0.15, 0.2) is 0 Å². The lowest BCUT2D eigenvalue weighted by atomic mass is 10.2. The zero-order chi connectivity index (χ0) is 13.1. The first-order valence-electron chi connectivity index (χ1n) is 6.16. The van der Waals surface area contributed by atoms with Crippen LogP contribution < -0.4 is 10.6 Å². The van der Waals surface area contributed by atoms with Crippen LogP contribution in [-0.4, -0.2) is 49.3 Å². The van der Waals surface area contributed by atoms with Crippen molar-refractivity contribution in [2.75, 3.05) is 44.9 Å². The van der Waals surface area contributed by atoms with Gasteiger partial charge in [-0.05, 0) is 39.2 Å². The largest absolute Gasteiger partial charge is 0.397 e. The van der Waals surface area contributed by atoms with Crippen LogP contribution in [0, 0.1) is 0 Å². The Labute approximate surface area is 108 Å². The summed E-state index contributed by atoms with van der Waals surface area (Å²) in [7, 11) is 6.25. The number of hydrogen-bond acceptors (Lipinski definition) is 4. The molecule has 0 bridgehead atoms. The summed E-state index contributed by atoms with van der Waals surface area (Å²) in [5.41, 5.74) is 8.97. The quantitative estimate of drug-likeness (QED) is 0.787. The molecule has 0 fully saturated rings. The molecule has 1 heterocycles. The van der Waals surface area contributed by atoms with E-state index in [0.29, 0.717) is 0 Å². The number of nitrogen functional groups attached to an aromatic ring is 1. The minimum absolute atomic E-state index is 0.802. The van der Waals surface area contributed by atoms with Crippen molar-refractivity contribution in [3.8, 4) is 0 Å². The molecule has 1 aromatic carbocycles. The number of H-pyrrole nitrogens is 1. The average molecular weight is 247 g/mol. The number of nitrogens with one attached hydrogen (secondary N) is 1. The molecule has 0 saturated carbocycles. The first kappa shape index (κ1) is 12.7. The molecule has 0 aliphatic rings. The highest BCUT2D eigenvalue weighted by molar-refractivity contribution is 5.88. The molecule has 3 N–H and O–H groups in total. The van der Waals surface area contributed by atoms with Crippen molar-refractivity contribution < 1.29 is 0 Å². The third-order valence-corrected chi connectivity index (χ3v) is 3.10. The van der Waals surface area contributed by atoms with Gasteiger partial charge in [0.2, 0.25) is 0 Å². The lowest BCUT2D eigenvalue weighted by Gasteiger charge is -2.22. The van der Waals surface area contributed by atoms with E-state index in [1.807, 2.05) is 6.07 Å². The SMILES string of the molecule is CN(C)CCCN(C)c1cc2[nH]ncc2cc1N. The normalized spacial score (nSPS) is 11.3. The Hall–Kier alpha value is -1.75. The van der Waals surface area contributed by atoms with Crippen molar-refractivity contribution in [3.63, 3.8) is 0 Å². The molecule has 0 unspecified atom stereocenters. The zero-order valence-electron chi connectivity index (χ0n) is 11.3. The van der Waals surface area contributed by atoms with Gasteiger partial charge < -0.3 is 15.5 Å². The smallest absolute Gasteiger partial charge is 0.0672 e. The number of aromatic nitrogens is 2. The Morgan fingerprint density at radius 3 is 2.72 bits per heavy atom. The molecule has 0 aliphatic heterocycles. The van der Waals surface area contributed by atoms with Crippen molar-refractivity contribution in [2.45, 2.75) is 6.42 Å². The molecule has 2 rings (SSSR count). The fraction of sp³-hybridized carbons (Fsp3) is 0.462. The molecule has 0 saturated heterocycles. The first-order chi connectivity index (χ1) is 8.58. The highest BCUT2D eigenvalue weighted by Gasteiger charge is 2.08. The van der Waals surface area contributed by atoms with Crippen LogP contribution >= 0.6 is 0 Å². The van der Waals surface area contributed by atoms with Crippen molar-refractivity contribution in [1.29, 1.82) is 0 Å². The molecule has 0 radical (unpaired) electrons. The van der Waals surface area contributed by atoms with Gasteiger partial charge in [0.1, 0.15) is 0 Å². The minimum atomic E-state index is 0.802. The van der Waals surface area contributed by atoms with E-state index in [2.05, 4.69) is 47.2 Å². The van der Waals surface area contributed by atoms with Crippen molar-refractivity contribution in [1.82, 2.24) is 15.1 Å². The zero-order valence-corrected chi connectivity index (χ0v) is 11.3. The first-order valence-corrected chi connectivity index (χ1v) is 6.16. The number of anilines is 2. The summed E-state index contributed by atoms with van der Waals surface area (Å²) in [6.07, 6.45) is 2.91. The topological polar surface area (TPSA) is 61.2 Å². The molecule has 5 nitrogen and oxygen atoms in total. The summed E-state index contributed by atoms with van der Waals surface area (Å²) in [5.74, 6) is 0. The number of nitrogens with zero attached hydrogens (tertiary/aromatic N) is 3. The monoisotopic (exact) mass is 247 g/mol. The van der Waals surface area contributed by atoms with E-state index in [4.69, 9.17) is 5.73 Å². The minimum Gasteiger partial charge on any atom is -0.397 e. The van der Waals surface area contributed by atoms with Crippen LogP contribution in [0.3, 0.4) is 0 Å². The predicted octanol–water partition coefficient (Wildman–Crippen LogP) is 1.53. The maximum Gasteiger partial charge on any atom is 0.0672 e. The molecule has 0 aliphatic carbocycles. The van der Waals surface area contributed by atoms with Crippen LogP contribution in [0.2, 0.25) is 0 Å². The molecule has 18 heavy (non-hydrogen) atoms. The van der Waals surface area contributed by atoms with Gasteiger partial charge in [-0.25, -0.2) is 0 Å². The molecule has 98 valence electrons. The Morgan fingerprint density at radius 2 is 2.00 bits per heavy atom. The third kappa shape index (κ3) is 2.73. The van der Waals surface area contributed by atoms with E-state index in [1.165, 1.54) is 0 Å². The Balaban J connectivity index is 2.11.